The standard InChI is InChI=1S/C23H21N3O3S2/c1-3-31(28,29)19-10-8-17(9-11-19)22(27)26(15-18-6-4-5-13-24-18)23-25-20-12-7-16(2)14-21(20)30-23/h4-14H,3,15H2,1-2H3. The molecule has 0 radical (unpaired) electrons. The number of aromatic nitrogens is 2. The number of hydrogen-bond donors (Lipinski definition) is 0. The fourth-order valence-corrected chi connectivity index (χ4v) is 5.09. The van der Waals surface area contributed by atoms with E-state index in [1.165, 1.54) is 23.5 Å². The summed E-state index contributed by atoms with van der Waals surface area (Å²) in [6.45, 7) is 3.87. The summed E-state index contributed by atoms with van der Waals surface area (Å²) in [5.74, 6) is -0.251. The van der Waals surface area contributed by atoms with Crippen LogP contribution in [0.1, 0.15) is 28.5 Å². The average Bonchev–Trinajstić information content (AvgIpc) is 3.20. The van der Waals surface area contributed by atoms with E-state index in [1.807, 2.05) is 43.3 Å². The van der Waals surface area contributed by atoms with Crippen molar-refractivity contribution < 1.29 is 13.2 Å². The van der Waals surface area contributed by atoms with Crippen LogP contribution >= 0.6 is 11.3 Å². The Morgan fingerprint density at radius 1 is 1.06 bits per heavy atom. The number of thiazole rings is 1. The van der Waals surface area contributed by atoms with Crippen molar-refractivity contribution >= 4 is 42.4 Å². The lowest BCUT2D eigenvalue weighted by Gasteiger charge is -2.19. The third-order valence-corrected chi connectivity index (χ3v) is 7.69. The first kappa shape index (κ1) is 21.1. The van der Waals surface area contributed by atoms with Gasteiger partial charge in [0.05, 0.1) is 33.1 Å². The van der Waals surface area contributed by atoms with Crippen LogP contribution in [0.4, 0.5) is 5.13 Å². The Labute approximate surface area is 185 Å². The van der Waals surface area contributed by atoms with Gasteiger partial charge in [-0.15, -0.1) is 0 Å². The molecule has 0 fully saturated rings. The highest BCUT2D eigenvalue weighted by molar-refractivity contribution is 7.91. The van der Waals surface area contributed by atoms with Crippen LogP contribution in [0.3, 0.4) is 0 Å². The molecule has 0 atom stereocenters. The van der Waals surface area contributed by atoms with Crippen LogP contribution in [-0.2, 0) is 16.4 Å². The highest BCUT2D eigenvalue weighted by Gasteiger charge is 2.23. The molecule has 6 nitrogen and oxygen atoms in total. The summed E-state index contributed by atoms with van der Waals surface area (Å²) >= 11 is 1.44. The monoisotopic (exact) mass is 451 g/mol. The number of carbonyl (C=O) groups excluding carboxylic acids is 1. The number of fused-ring (bicyclic) bond motifs is 1. The number of carbonyl (C=O) groups is 1. The van der Waals surface area contributed by atoms with Crippen molar-refractivity contribution in [3.05, 3.63) is 83.7 Å². The van der Waals surface area contributed by atoms with Gasteiger partial charge in [0.25, 0.3) is 5.91 Å². The van der Waals surface area contributed by atoms with Gasteiger partial charge in [0.2, 0.25) is 0 Å². The predicted octanol–water partition coefficient (Wildman–Crippen LogP) is 4.64. The van der Waals surface area contributed by atoms with Crippen LogP contribution in [0.25, 0.3) is 10.2 Å². The Hall–Kier alpha value is -3.10. The van der Waals surface area contributed by atoms with Gasteiger partial charge in [0.1, 0.15) is 0 Å². The topological polar surface area (TPSA) is 80.2 Å². The second-order valence-electron chi connectivity index (χ2n) is 7.11. The zero-order chi connectivity index (χ0) is 22.0. The molecule has 0 saturated carbocycles. The Balaban J connectivity index is 1.73. The number of hydrogen-bond acceptors (Lipinski definition) is 6. The molecule has 2 aromatic heterocycles. The lowest BCUT2D eigenvalue weighted by atomic mass is 10.2. The normalized spacial score (nSPS) is 11.5. The molecule has 4 aromatic rings. The molecule has 31 heavy (non-hydrogen) atoms. The third-order valence-electron chi connectivity index (χ3n) is 4.90. The largest absolute Gasteiger partial charge is 0.278 e. The third kappa shape index (κ3) is 4.50. The average molecular weight is 452 g/mol. The Morgan fingerprint density at radius 3 is 2.52 bits per heavy atom. The van der Waals surface area contributed by atoms with E-state index in [4.69, 9.17) is 0 Å². The molecule has 0 spiro atoms. The van der Waals surface area contributed by atoms with E-state index in [2.05, 4.69) is 9.97 Å². The van der Waals surface area contributed by atoms with Gasteiger partial charge in [-0.3, -0.25) is 14.7 Å². The van der Waals surface area contributed by atoms with Crippen molar-refractivity contribution in [3.63, 3.8) is 0 Å². The molecule has 0 saturated heterocycles. The molecule has 0 unspecified atom stereocenters. The van der Waals surface area contributed by atoms with Crippen molar-refractivity contribution in [1.82, 2.24) is 9.97 Å². The number of pyridine rings is 1. The molecule has 8 heteroatoms. The highest BCUT2D eigenvalue weighted by Crippen LogP contribution is 2.31. The molecule has 0 N–H and O–H groups in total. The van der Waals surface area contributed by atoms with E-state index in [0.717, 1.165) is 21.5 Å². The minimum atomic E-state index is -3.33. The lowest BCUT2D eigenvalue weighted by molar-refractivity contribution is 0.0984. The van der Waals surface area contributed by atoms with Crippen LogP contribution in [0.2, 0.25) is 0 Å². The van der Waals surface area contributed by atoms with Crippen LogP contribution in [-0.4, -0.2) is 30.0 Å². The van der Waals surface area contributed by atoms with E-state index in [0.29, 0.717) is 10.7 Å². The zero-order valence-electron chi connectivity index (χ0n) is 17.1. The summed E-state index contributed by atoms with van der Waals surface area (Å²) in [7, 11) is -3.33. The van der Waals surface area contributed by atoms with Crippen molar-refractivity contribution in [2.24, 2.45) is 0 Å². The number of nitrogens with zero attached hydrogens (tertiary/aromatic N) is 3. The highest BCUT2D eigenvalue weighted by atomic mass is 32.2. The first-order valence-corrected chi connectivity index (χ1v) is 12.3. The van der Waals surface area contributed by atoms with E-state index in [9.17, 15) is 13.2 Å². The van der Waals surface area contributed by atoms with Crippen LogP contribution in [0.15, 0.2) is 71.8 Å². The number of sulfone groups is 1. The van der Waals surface area contributed by atoms with E-state index in [-0.39, 0.29) is 23.1 Å². The summed E-state index contributed by atoms with van der Waals surface area (Å²) in [6.07, 6.45) is 1.68. The second kappa shape index (κ2) is 8.56. The van der Waals surface area contributed by atoms with E-state index < -0.39 is 9.84 Å². The number of benzene rings is 2. The minimum Gasteiger partial charge on any atom is -0.278 e. The molecule has 2 aromatic carbocycles. The quantitative estimate of drug-likeness (QED) is 0.427. The molecule has 0 aliphatic rings. The van der Waals surface area contributed by atoms with Crippen LogP contribution < -0.4 is 4.90 Å². The maximum atomic E-state index is 13.4. The molecule has 2 heterocycles. The van der Waals surface area contributed by atoms with Crippen LogP contribution in [0.5, 0.6) is 0 Å². The molecule has 0 aliphatic carbocycles. The molecule has 4 rings (SSSR count). The SMILES string of the molecule is CCS(=O)(=O)c1ccc(C(=O)N(Cc2ccccn2)c2nc3ccc(C)cc3s2)cc1. The summed E-state index contributed by atoms with van der Waals surface area (Å²) in [5, 5.41) is 0.571. The summed E-state index contributed by atoms with van der Waals surface area (Å²) in [5.41, 5.74) is 3.07. The lowest BCUT2D eigenvalue weighted by Crippen LogP contribution is -2.30. The molecule has 1 amide bonds. The van der Waals surface area contributed by atoms with E-state index in [1.54, 1.807) is 30.2 Å². The van der Waals surface area contributed by atoms with Crippen molar-refractivity contribution in [1.29, 1.82) is 0 Å². The first-order valence-electron chi connectivity index (χ1n) is 9.79. The van der Waals surface area contributed by atoms with Crippen molar-refractivity contribution in [3.8, 4) is 0 Å². The Bertz CT molecular complexity index is 1330. The number of rotatable bonds is 6. The zero-order valence-corrected chi connectivity index (χ0v) is 18.8. The Morgan fingerprint density at radius 2 is 1.84 bits per heavy atom. The smallest absolute Gasteiger partial charge is 0.260 e. The predicted molar refractivity (Wildman–Crippen MR) is 123 cm³/mol. The molecular weight excluding hydrogens is 430 g/mol. The number of aryl methyl sites for hydroxylation is 1. The van der Waals surface area contributed by atoms with Gasteiger partial charge in [0, 0.05) is 11.8 Å². The van der Waals surface area contributed by atoms with Gasteiger partial charge >= 0.3 is 0 Å². The van der Waals surface area contributed by atoms with Gasteiger partial charge in [0.15, 0.2) is 15.0 Å². The van der Waals surface area contributed by atoms with Gasteiger partial charge < -0.3 is 0 Å². The first-order chi connectivity index (χ1) is 14.9. The number of anilines is 1. The van der Waals surface area contributed by atoms with Gasteiger partial charge in [-0.2, -0.15) is 0 Å². The van der Waals surface area contributed by atoms with Gasteiger partial charge in [-0.05, 0) is 61.0 Å². The maximum Gasteiger partial charge on any atom is 0.260 e. The summed E-state index contributed by atoms with van der Waals surface area (Å²) < 4.78 is 25.2. The number of amides is 1. The summed E-state index contributed by atoms with van der Waals surface area (Å²) in [6, 6.07) is 17.6. The van der Waals surface area contributed by atoms with E-state index >= 15 is 0 Å². The molecule has 158 valence electrons. The molecule has 0 aliphatic heterocycles. The maximum absolute atomic E-state index is 13.4. The van der Waals surface area contributed by atoms with Gasteiger partial charge in [-0.1, -0.05) is 30.4 Å². The Kier molecular flexibility index (Phi) is 5.84. The van der Waals surface area contributed by atoms with Gasteiger partial charge in [-0.25, -0.2) is 13.4 Å². The second-order valence-corrected chi connectivity index (χ2v) is 10.4. The fraction of sp³-hybridized carbons (Fsp3) is 0.174. The fourth-order valence-electron chi connectivity index (χ4n) is 3.14. The van der Waals surface area contributed by atoms with Crippen molar-refractivity contribution in [2.45, 2.75) is 25.3 Å². The molecular formula is C23H21N3O3S2. The summed E-state index contributed by atoms with van der Waals surface area (Å²) in [4.78, 5) is 24.3. The minimum absolute atomic E-state index is 0.0111. The van der Waals surface area contributed by atoms with Crippen LogP contribution in [0, 0.1) is 6.92 Å². The molecule has 0 bridgehead atoms. The van der Waals surface area contributed by atoms with Crippen molar-refractivity contribution in [2.75, 3.05) is 10.7 Å².